The molecule has 0 aromatic carbocycles. The van der Waals surface area contributed by atoms with E-state index in [1.807, 2.05) is 0 Å². The lowest BCUT2D eigenvalue weighted by molar-refractivity contribution is 0.229. The Bertz CT molecular complexity index is 415. The fourth-order valence-corrected chi connectivity index (χ4v) is 38.0. The molecule has 1 fully saturated rings. The molecule has 24 heavy (non-hydrogen) atoms. The van der Waals surface area contributed by atoms with Gasteiger partial charge in [0.05, 0.1) is 0 Å². The largest absolute Gasteiger partial charge is 0.432 e. The molecule has 0 aromatic rings. The molecule has 2 nitrogen and oxygen atoms in total. The smallest absolute Gasteiger partial charge is 0.261 e. The summed E-state index contributed by atoms with van der Waals surface area (Å²) < 4.78 is 10.7. The Morgan fingerprint density at radius 2 is 0.750 bits per heavy atom. The van der Waals surface area contributed by atoms with Crippen LogP contribution in [0.25, 0.3) is 0 Å². The summed E-state index contributed by atoms with van der Waals surface area (Å²) in [7, 11) is -5.77. The minimum absolute atomic E-state index is 0.207. The van der Waals surface area contributed by atoms with Crippen molar-refractivity contribution < 1.29 is 4.12 Å². The Balaban J connectivity index is 3.86. The lowest BCUT2D eigenvalue weighted by Crippen LogP contribution is -2.96. The van der Waals surface area contributed by atoms with E-state index in [1.54, 1.807) is 0 Å². The quantitative estimate of drug-likeness (QED) is 0.440. The van der Waals surface area contributed by atoms with E-state index in [-0.39, 0.29) is 20.2 Å². The van der Waals surface area contributed by atoms with E-state index in [0.29, 0.717) is 0 Å². The molecular formula is C19H45NOSi3. The molecule has 0 N–H and O–H groups in total. The normalized spacial score (nSPS) is 23.1. The third-order valence-electron chi connectivity index (χ3n) is 5.66. The first kappa shape index (κ1) is 22.6. The van der Waals surface area contributed by atoms with Gasteiger partial charge in [0.25, 0.3) is 17.0 Å². The second-order valence-electron chi connectivity index (χ2n) is 12.9. The molecule has 1 saturated heterocycles. The fraction of sp³-hybridized carbons (Fsp3) is 1.00. The highest BCUT2D eigenvalue weighted by Gasteiger charge is 2.82. The maximum atomic E-state index is 7.55. The molecule has 144 valence electrons. The highest BCUT2D eigenvalue weighted by molar-refractivity contribution is 7.14. The van der Waals surface area contributed by atoms with Gasteiger partial charge in [-0.25, -0.2) is 0 Å². The SMILES string of the molecule is CC(C)(C)[Si]1(C(C)(C)C)O[Si](C(C)(C)C)(C(C)(C)C)N1[Si](C)(C)C. The third kappa shape index (κ3) is 2.86. The molecule has 1 rings (SSSR count). The van der Waals surface area contributed by atoms with Gasteiger partial charge in [-0.15, -0.1) is 0 Å². The summed E-state index contributed by atoms with van der Waals surface area (Å²) in [6.45, 7) is 36.8. The number of hydrogen-bond donors (Lipinski definition) is 0. The van der Waals surface area contributed by atoms with Crippen molar-refractivity contribution in [3.63, 3.8) is 0 Å². The van der Waals surface area contributed by atoms with Gasteiger partial charge in [0.1, 0.15) is 8.24 Å². The van der Waals surface area contributed by atoms with Gasteiger partial charge in [-0.3, -0.25) is 0 Å². The molecule has 0 unspecified atom stereocenters. The Hall–Kier alpha value is 0.571. The van der Waals surface area contributed by atoms with E-state index in [4.69, 9.17) is 4.12 Å². The van der Waals surface area contributed by atoms with Crippen molar-refractivity contribution in [3.05, 3.63) is 0 Å². The van der Waals surface area contributed by atoms with Crippen LogP contribution in [-0.4, -0.2) is 29.1 Å². The molecule has 0 atom stereocenters. The van der Waals surface area contributed by atoms with Crippen molar-refractivity contribution >= 4 is 25.2 Å². The summed E-state index contributed by atoms with van der Waals surface area (Å²) in [4.78, 5) is 0. The van der Waals surface area contributed by atoms with Gasteiger partial charge in [-0.05, 0) is 20.2 Å². The average Bonchev–Trinajstić information content (AvgIpc) is 2.01. The predicted octanol–water partition coefficient (Wildman–Crippen LogP) is 7.24. The molecule has 0 amide bonds. The van der Waals surface area contributed by atoms with Crippen LogP contribution in [0, 0.1) is 0 Å². The molecule has 0 aromatic heterocycles. The standard InChI is InChI=1S/C19H45NOSi3/c1-16(2,3)23(17(4,5)6)20(22(13,14)15)24(21-23,18(7,8)9)19(10,11)12/h1-15H3. The maximum absolute atomic E-state index is 7.55. The molecule has 1 heterocycles. The van der Waals surface area contributed by atoms with Crippen LogP contribution >= 0.6 is 0 Å². The first-order valence-corrected chi connectivity index (χ1v) is 16.7. The fourth-order valence-electron chi connectivity index (χ4n) is 5.64. The van der Waals surface area contributed by atoms with Gasteiger partial charge in [-0.2, -0.15) is 0 Å². The maximum Gasteiger partial charge on any atom is 0.261 e. The van der Waals surface area contributed by atoms with Crippen LogP contribution in [0.1, 0.15) is 83.1 Å². The highest BCUT2D eigenvalue weighted by Crippen LogP contribution is 2.71. The third-order valence-corrected chi connectivity index (χ3v) is 26.6. The van der Waals surface area contributed by atoms with E-state index in [9.17, 15) is 0 Å². The predicted molar refractivity (Wildman–Crippen MR) is 117 cm³/mol. The number of nitrogens with zero attached hydrogens (tertiary/aromatic N) is 1. The Morgan fingerprint density at radius 1 is 0.542 bits per heavy atom. The second kappa shape index (κ2) is 5.54. The highest BCUT2D eigenvalue weighted by atomic mass is 28.6. The summed E-state index contributed by atoms with van der Waals surface area (Å²) in [5.74, 6) is 0. The van der Waals surface area contributed by atoms with Crippen LogP contribution in [0.2, 0.25) is 39.8 Å². The zero-order valence-electron chi connectivity index (χ0n) is 19.4. The van der Waals surface area contributed by atoms with Gasteiger partial charge >= 0.3 is 0 Å². The Kier molecular flexibility index (Phi) is 5.22. The molecule has 0 bridgehead atoms. The average molecular weight is 388 g/mol. The topological polar surface area (TPSA) is 12.5 Å². The summed E-state index contributed by atoms with van der Waals surface area (Å²) in [6, 6.07) is 0. The minimum atomic E-state index is -2.11. The summed E-state index contributed by atoms with van der Waals surface area (Å²) in [5, 5.41) is 0.827. The molecule has 1 aliphatic heterocycles. The molecule has 0 saturated carbocycles. The summed E-state index contributed by atoms with van der Waals surface area (Å²) in [6.07, 6.45) is 0. The van der Waals surface area contributed by atoms with Crippen LogP contribution in [0.15, 0.2) is 0 Å². The summed E-state index contributed by atoms with van der Waals surface area (Å²) in [5.41, 5.74) is 0. The number of hydrogen-bond acceptors (Lipinski definition) is 2. The van der Waals surface area contributed by atoms with Crippen molar-refractivity contribution in [2.75, 3.05) is 0 Å². The Morgan fingerprint density at radius 3 is 0.875 bits per heavy atom. The van der Waals surface area contributed by atoms with E-state index >= 15 is 0 Å². The number of rotatable bonds is 1. The first-order valence-electron chi connectivity index (χ1n) is 9.58. The van der Waals surface area contributed by atoms with Crippen molar-refractivity contribution in [2.24, 2.45) is 0 Å². The minimum Gasteiger partial charge on any atom is -0.432 e. The molecular weight excluding hydrogens is 342 g/mol. The van der Waals surface area contributed by atoms with Crippen LogP contribution in [0.3, 0.4) is 0 Å². The van der Waals surface area contributed by atoms with Gasteiger partial charge in [0.2, 0.25) is 0 Å². The van der Waals surface area contributed by atoms with E-state index in [2.05, 4.69) is 107 Å². The van der Waals surface area contributed by atoms with Crippen LogP contribution in [0.4, 0.5) is 0 Å². The first-order chi connectivity index (χ1) is 10.1. The van der Waals surface area contributed by atoms with Gasteiger partial charge in [0.15, 0.2) is 0 Å². The lowest BCUT2D eigenvalue weighted by atomic mass is 10.2. The van der Waals surface area contributed by atoms with E-state index in [1.165, 1.54) is 0 Å². The second-order valence-corrected chi connectivity index (χ2v) is 29.3. The van der Waals surface area contributed by atoms with Gasteiger partial charge < -0.3 is 8.01 Å². The van der Waals surface area contributed by atoms with Crippen molar-refractivity contribution in [2.45, 2.75) is 123 Å². The van der Waals surface area contributed by atoms with Gasteiger partial charge in [0, 0.05) is 0 Å². The van der Waals surface area contributed by atoms with Crippen LogP contribution in [-0.2, 0) is 4.12 Å². The molecule has 1 aliphatic rings. The van der Waals surface area contributed by atoms with Crippen molar-refractivity contribution in [3.8, 4) is 0 Å². The molecule has 0 radical (unpaired) electrons. The molecule has 0 aliphatic carbocycles. The van der Waals surface area contributed by atoms with Crippen LogP contribution in [0.5, 0.6) is 0 Å². The molecule has 0 spiro atoms. The van der Waals surface area contributed by atoms with Crippen molar-refractivity contribution in [1.29, 1.82) is 0 Å². The monoisotopic (exact) mass is 387 g/mol. The van der Waals surface area contributed by atoms with Gasteiger partial charge in [-0.1, -0.05) is 103 Å². The van der Waals surface area contributed by atoms with E-state index in [0.717, 1.165) is 0 Å². The Labute approximate surface area is 156 Å². The van der Waals surface area contributed by atoms with Crippen LogP contribution < -0.4 is 0 Å². The molecule has 5 heteroatoms. The van der Waals surface area contributed by atoms with Crippen molar-refractivity contribution in [1.82, 2.24) is 3.90 Å². The lowest BCUT2D eigenvalue weighted by Gasteiger charge is -2.80. The zero-order chi connectivity index (χ0) is 19.8. The zero-order valence-corrected chi connectivity index (χ0v) is 22.4. The van der Waals surface area contributed by atoms with E-state index < -0.39 is 25.2 Å². The summed E-state index contributed by atoms with van der Waals surface area (Å²) >= 11 is 0.